The Bertz CT molecular complexity index is 669. The number of amides is 2. The van der Waals surface area contributed by atoms with Gasteiger partial charge in [-0.3, -0.25) is 14.8 Å². The van der Waals surface area contributed by atoms with E-state index in [1.165, 1.54) is 11.6 Å². The number of carbonyl (C=O) groups is 2. The van der Waals surface area contributed by atoms with Crippen molar-refractivity contribution in [1.82, 2.24) is 10.5 Å². The molecule has 0 atom stereocenters. The van der Waals surface area contributed by atoms with Gasteiger partial charge >= 0.3 is 0 Å². The summed E-state index contributed by atoms with van der Waals surface area (Å²) < 4.78 is 0. The molecule has 0 fully saturated rings. The molecule has 0 saturated carbocycles. The quantitative estimate of drug-likeness (QED) is 0.453. The highest BCUT2D eigenvalue weighted by Crippen LogP contribution is 2.10. The van der Waals surface area contributed by atoms with Crippen LogP contribution in [0.4, 0.5) is 5.82 Å². The smallest absolute Gasteiger partial charge is 0.267 e. The summed E-state index contributed by atoms with van der Waals surface area (Å²) in [4.78, 5) is 27.0. The Morgan fingerprint density at radius 2 is 2.00 bits per heavy atom. The largest absolute Gasteiger partial charge is 0.307 e. The molecule has 21 heavy (non-hydrogen) atoms. The number of anilines is 1. The number of pyridine rings is 1. The average Bonchev–Trinajstić information content (AvgIpc) is 2.53. The lowest BCUT2D eigenvalue weighted by molar-refractivity contribution is -0.124. The van der Waals surface area contributed by atoms with E-state index in [0.717, 1.165) is 6.08 Å². The zero-order chi connectivity index (χ0) is 15.1. The van der Waals surface area contributed by atoms with Gasteiger partial charge in [0.25, 0.3) is 11.8 Å². The third kappa shape index (κ3) is 4.26. The second kappa shape index (κ2) is 6.97. The highest BCUT2D eigenvalue weighted by Gasteiger charge is 2.06. The normalized spacial score (nSPS) is 10.3. The summed E-state index contributed by atoms with van der Waals surface area (Å²) in [6.07, 6.45) is 4.24. The number of nitrogens with one attached hydrogen (secondary N) is 2. The minimum absolute atomic E-state index is 0.296. The van der Waals surface area contributed by atoms with Crippen LogP contribution in [-0.2, 0) is 4.79 Å². The van der Waals surface area contributed by atoms with E-state index in [0.29, 0.717) is 16.9 Å². The van der Waals surface area contributed by atoms with Crippen LogP contribution in [0.1, 0.15) is 15.9 Å². The topological polar surface area (TPSA) is 91.3 Å². The van der Waals surface area contributed by atoms with Crippen LogP contribution >= 0.6 is 0 Å². The number of benzene rings is 1. The van der Waals surface area contributed by atoms with Gasteiger partial charge in [0.2, 0.25) is 0 Å². The Morgan fingerprint density at radius 1 is 1.14 bits per heavy atom. The van der Waals surface area contributed by atoms with Gasteiger partial charge < -0.3 is 5.32 Å². The van der Waals surface area contributed by atoms with Crippen molar-refractivity contribution < 1.29 is 14.8 Å². The van der Waals surface area contributed by atoms with Crippen molar-refractivity contribution in [3.05, 3.63) is 65.9 Å². The van der Waals surface area contributed by atoms with E-state index >= 15 is 0 Å². The van der Waals surface area contributed by atoms with Crippen molar-refractivity contribution in [2.24, 2.45) is 0 Å². The van der Waals surface area contributed by atoms with Crippen molar-refractivity contribution in [3.63, 3.8) is 0 Å². The SMILES string of the molecule is O=C(/C=C/c1cccc(C(=O)Nc2ccccn2)c1)NO. The van der Waals surface area contributed by atoms with E-state index < -0.39 is 5.91 Å². The molecule has 1 heterocycles. The minimum atomic E-state index is -0.640. The van der Waals surface area contributed by atoms with E-state index in [-0.39, 0.29) is 5.91 Å². The molecule has 0 aliphatic rings. The highest BCUT2D eigenvalue weighted by atomic mass is 16.5. The predicted molar refractivity (Wildman–Crippen MR) is 77.6 cm³/mol. The Kier molecular flexibility index (Phi) is 4.79. The molecule has 0 radical (unpaired) electrons. The van der Waals surface area contributed by atoms with Crippen LogP contribution < -0.4 is 10.8 Å². The number of nitrogens with zero attached hydrogens (tertiary/aromatic N) is 1. The van der Waals surface area contributed by atoms with Gasteiger partial charge in [0.05, 0.1) is 0 Å². The van der Waals surface area contributed by atoms with Crippen LogP contribution in [0.15, 0.2) is 54.7 Å². The molecular weight excluding hydrogens is 270 g/mol. The van der Waals surface area contributed by atoms with E-state index in [1.807, 2.05) is 0 Å². The lowest BCUT2D eigenvalue weighted by Crippen LogP contribution is -2.15. The summed E-state index contributed by atoms with van der Waals surface area (Å²) >= 11 is 0. The van der Waals surface area contributed by atoms with Gasteiger partial charge in [0.1, 0.15) is 5.82 Å². The molecule has 3 N–H and O–H groups in total. The standard InChI is InChI=1S/C15H13N3O3/c19-14(18-21)8-7-11-4-3-5-12(10-11)15(20)17-13-6-1-2-9-16-13/h1-10,21H,(H,18,19)(H,16,17,20)/b8-7+. The van der Waals surface area contributed by atoms with Gasteiger partial charge in [0, 0.05) is 17.8 Å². The first-order chi connectivity index (χ1) is 10.2. The van der Waals surface area contributed by atoms with Crippen molar-refractivity contribution >= 4 is 23.7 Å². The van der Waals surface area contributed by atoms with E-state index in [9.17, 15) is 9.59 Å². The summed E-state index contributed by atoms with van der Waals surface area (Å²) in [5.74, 6) is -0.475. The lowest BCUT2D eigenvalue weighted by atomic mass is 10.1. The Hall–Kier alpha value is -2.99. The highest BCUT2D eigenvalue weighted by molar-refractivity contribution is 6.04. The summed E-state index contributed by atoms with van der Waals surface area (Å²) in [7, 11) is 0. The maximum Gasteiger partial charge on any atom is 0.267 e. The number of aromatic nitrogens is 1. The van der Waals surface area contributed by atoms with E-state index in [1.54, 1.807) is 48.7 Å². The zero-order valence-corrected chi connectivity index (χ0v) is 11.0. The zero-order valence-electron chi connectivity index (χ0n) is 11.0. The number of hydrogen-bond acceptors (Lipinski definition) is 4. The predicted octanol–water partition coefficient (Wildman–Crippen LogP) is 1.85. The molecule has 0 saturated heterocycles. The van der Waals surface area contributed by atoms with Crippen molar-refractivity contribution in [3.8, 4) is 0 Å². The minimum Gasteiger partial charge on any atom is -0.307 e. The van der Waals surface area contributed by atoms with Crippen molar-refractivity contribution in [1.29, 1.82) is 0 Å². The summed E-state index contributed by atoms with van der Waals surface area (Å²) in [6.45, 7) is 0. The monoisotopic (exact) mass is 283 g/mol. The van der Waals surface area contributed by atoms with E-state index in [2.05, 4.69) is 10.3 Å². The van der Waals surface area contributed by atoms with Gasteiger partial charge in [-0.25, -0.2) is 10.5 Å². The number of hydroxylamine groups is 1. The second-order valence-corrected chi connectivity index (χ2v) is 4.10. The molecule has 6 heteroatoms. The van der Waals surface area contributed by atoms with Crippen LogP contribution in [0, 0.1) is 0 Å². The van der Waals surface area contributed by atoms with Gasteiger partial charge in [0.15, 0.2) is 0 Å². The first-order valence-corrected chi connectivity index (χ1v) is 6.13. The van der Waals surface area contributed by atoms with Gasteiger partial charge in [-0.1, -0.05) is 18.2 Å². The maximum atomic E-state index is 12.1. The first-order valence-electron chi connectivity index (χ1n) is 6.13. The fourth-order valence-electron chi connectivity index (χ4n) is 1.62. The van der Waals surface area contributed by atoms with Crippen LogP contribution in [0.5, 0.6) is 0 Å². The number of rotatable bonds is 4. The van der Waals surface area contributed by atoms with Crippen LogP contribution in [0.25, 0.3) is 6.08 Å². The van der Waals surface area contributed by atoms with Gasteiger partial charge in [-0.05, 0) is 35.9 Å². The Balaban J connectivity index is 2.11. The second-order valence-electron chi connectivity index (χ2n) is 4.10. The van der Waals surface area contributed by atoms with Crippen LogP contribution in [0.3, 0.4) is 0 Å². The average molecular weight is 283 g/mol. The third-order valence-corrected chi connectivity index (χ3v) is 2.59. The molecule has 0 aliphatic heterocycles. The fourth-order valence-corrected chi connectivity index (χ4v) is 1.62. The molecule has 0 aliphatic carbocycles. The van der Waals surface area contributed by atoms with E-state index in [4.69, 9.17) is 5.21 Å². The molecule has 0 spiro atoms. The van der Waals surface area contributed by atoms with Gasteiger partial charge in [-0.2, -0.15) is 0 Å². The van der Waals surface area contributed by atoms with Crippen LogP contribution in [-0.4, -0.2) is 22.0 Å². The lowest BCUT2D eigenvalue weighted by Gasteiger charge is -2.04. The number of hydrogen-bond donors (Lipinski definition) is 3. The number of carbonyl (C=O) groups excluding carboxylic acids is 2. The van der Waals surface area contributed by atoms with Crippen LogP contribution in [0.2, 0.25) is 0 Å². The third-order valence-electron chi connectivity index (χ3n) is 2.59. The molecule has 1 aromatic carbocycles. The maximum absolute atomic E-state index is 12.1. The van der Waals surface area contributed by atoms with Crippen molar-refractivity contribution in [2.45, 2.75) is 0 Å². The molecule has 1 aromatic heterocycles. The van der Waals surface area contributed by atoms with Crippen molar-refractivity contribution in [2.75, 3.05) is 5.32 Å². The Labute approximate surface area is 121 Å². The first kappa shape index (κ1) is 14.4. The summed E-state index contributed by atoms with van der Waals surface area (Å²) in [5, 5.41) is 11.1. The Morgan fingerprint density at radius 3 is 2.71 bits per heavy atom. The molecule has 106 valence electrons. The fraction of sp³-hybridized carbons (Fsp3) is 0. The molecule has 2 amide bonds. The molecule has 2 rings (SSSR count). The molecule has 2 aromatic rings. The summed E-state index contributed by atoms with van der Waals surface area (Å²) in [5.41, 5.74) is 2.59. The molecule has 0 bridgehead atoms. The molecule has 6 nitrogen and oxygen atoms in total. The molecular formula is C15H13N3O3. The summed E-state index contributed by atoms with van der Waals surface area (Å²) in [6, 6.07) is 11.9. The molecule has 0 unspecified atom stereocenters. The van der Waals surface area contributed by atoms with Gasteiger partial charge in [-0.15, -0.1) is 0 Å².